The Kier molecular flexibility index (Phi) is 1.68. The zero-order valence-corrected chi connectivity index (χ0v) is 4.91. The second-order valence-electron chi connectivity index (χ2n) is 2.08. The van der Waals surface area contributed by atoms with Crippen LogP contribution in [0.5, 0.6) is 0 Å². The van der Waals surface area contributed by atoms with Crippen molar-refractivity contribution in [2.45, 2.75) is 18.6 Å². The molecule has 3 N–H and O–H groups in total. The molecule has 52 valence electrons. The minimum atomic E-state index is -0.526. The van der Waals surface area contributed by atoms with Crippen molar-refractivity contribution in [2.24, 2.45) is 5.73 Å². The highest BCUT2D eigenvalue weighted by molar-refractivity contribution is 5.77. The average Bonchev–Trinajstić information content (AvgIpc) is 2.13. The Bertz CT molecular complexity index is 125. The van der Waals surface area contributed by atoms with E-state index in [1.165, 1.54) is 0 Å². The third-order valence-electron chi connectivity index (χ3n) is 1.31. The van der Waals surface area contributed by atoms with Gasteiger partial charge in [-0.1, -0.05) is 0 Å². The summed E-state index contributed by atoms with van der Waals surface area (Å²) in [5, 5.41) is 8.47. The van der Waals surface area contributed by atoms with Crippen molar-refractivity contribution in [2.75, 3.05) is 6.61 Å². The number of cyclic esters (lactones) is 1. The highest BCUT2D eigenvalue weighted by Crippen LogP contribution is 2.11. The molecule has 9 heavy (non-hydrogen) atoms. The molecule has 2 atom stereocenters. The van der Waals surface area contributed by atoms with E-state index in [9.17, 15) is 4.79 Å². The molecular formula is C5H9NO3. The molecule has 0 spiro atoms. The molecule has 1 aliphatic rings. The number of nitrogens with two attached hydrogens (primary N) is 1. The van der Waals surface area contributed by atoms with Gasteiger partial charge in [-0.15, -0.1) is 0 Å². The summed E-state index contributed by atoms with van der Waals surface area (Å²) in [5.74, 6) is -0.408. The van der Waals surface area contributed by atoms with Crippen molar-refractivity contribution < 1.29 is 14.6 Å². The average molecular weight is 131 g/mol. The van der Waals surface area contributed by atoms with Crippen LogP contribution in [0.3, 0.4) is 0 Å². The van der Waals surface area contributed by atoms with Gasteiger partial charge >= 0.3 is 5.97 Å². The van der Waals surface area contributed by atoms with Gasteiger partial charge in [-0.2, -0.15) is 0 Å². The summed E-state index contributed by atoms with van der Waals surface area (Å²) in [4.78, 5) is 10.5. The molecule has 0 unspecified atom stereocenters. The van der Waals surface area contributed by atoms with Crippen LogP contribution < -0.4 is 5.73 Å². The first-order valence-corrected chi connectivity index (χ1v) is 2.81. The van der Waals surface area contributed by atoms with E-state index in [0.29, 0.717) is 6.42 Å². The summed E-state index contributed by atoms with van der Waals surface area (Å²) in [6, 6.07) is -0.526. The van der Waals surface area contributed by atoms with Gasteiger partial charge in [-0.25, -0.2) is 0 Å². The van der Waals surface area contributed by atoms with Crippen LogP contribution in [0.15, 0.2) is 0 Å². The molecule has 0 saturated carbocycles. The van der Waals surface area contributed by atoms with E-state index >= 15 is 0 Å². The summed E-state index contributed by atoms with van der Waals surface area (Å²) >= 11 is 0. The van der Waals surface area contributed by atoms with E-state index in [2.05, 4.69) is 4.74 Å². The molecule has 0 aromatic rings. The highest BCUT2D eigenvalue weighted by atomic mass is 16.6. The molecule has 1 rings (SSSR count). The molecule has 0 aliphatic carbocycles. The number of ether oxygens (including phenoxy) is 1. The first-order valence-electron chi connectivity index (χ1n) is 2.81. The minimum absolute atomic E-state index is 0.126. The number of esters is 1. The Morgan fingerprint density at radius 1 is 1.89 bits per heavy atom. The summed E-state index contributed by atoms with van der Waals surface area (Å²) < 4.78 is 4.61. The van der Waals surface area contributed by atoms with Crippen LogP contribution in [0, 0.1) is 0 Å². The van der Waals surface area contributed by atoms with Gasteiger partial charge in [0.25, 0.3) is 0 Å². The summed E-state index contributed by atoms with van der Waals surface area (Å²) in [6.07, 6.45) is 0.0718. The molecule has 4 heteroatoms. The standard InChI is InChI=1S/C5H9NO3/c6-4-1-3(2-7)9-5(4)8/h3-4,7H,1-2,6H2/t3-,4-/m0/s1. The van der Waals surface area contributed by atoms with E-state index in [0.717, 1.165) is 0 Å². The molecule has 0 amide bonds. The normalized spacial score (nSPS) is 34.7. The Balaban J connectivity index is 2.44. The molecule has 0 aromatic heterocycles. The molecule has 0 bridgehead atoms. The Labute approximate surface area is 52.6 Å². The molecule has 1 saturated heterocycles. The fraction of sp³-hybridized carbons (Fsp3) is 0.800. The quantitative estimate of drug-likeness (QED) is 0.430. The van der Waals surface area contributed by atoms with E-state index in [1.807, 2.05) is 0 Å². The molecule has 0 aromatic carbocycles. The van der Waals surface area contributed by atoms with Crippen molar-refractivity contribution in [3.05, 3.63) is 0 Å². The lowest BCUT2D eigenvalue weighted by Crippen LogP contribution is -2.24. The van der Waals surface area contributed by atoms with Gasteiger partial charge in [-0.3, -0.25) is 4.79 Å². The number of carbonyl (C=O) groups is 1. The molecular weight excluding hydrogens is 122 g/mol. The van der Waals surface area contributed by atoms with E-state index in [-0.39, 0.29) is 12.7 Å². The fourth-order valence-corrected chi connectivity index (χ4v) is 0.791. The first kappa shape index (κ1) is 6.51. The zero-order valence-electron chi connectivity index (χ0n) is 4.91. The van der Waals surface area contributed by atoms with Crippen molar-refractivity contribution in [3.63, 3.8) is 0 Å². The summed E-state index contributed by atoms with van der Waals surface area (Å²) in [5.41, 5.74) is 5.26. The number of hydrogen-bond acceptors (Lipinski definition) is 4. The van der Waals surface area contributed by atoms with Crippen LogP contribution in [0.4, 0.5) is 0 Å². The third-order valence-corrected chi connectivity index (χ3v) is 1.31. The molecule has 1 heterocycles. The van der Waals surface area contributed by atoms with E-state index < -0.39 is 12.0 Å². The van der Waals surface area contributed by atoms with Crippen molar-refractivity contribution >= 4 is 5.97 Å². The largest absolute Gasteiger partial charge is 0.459 e. The topological polar surface area (TPSA) is 72.6 Å². The van der Waals surface area contributed by atoms with Gasteiger partial charge in [0, 0.05) is 6.42 Å². The lowest BCUT2D eigenvalue weighted by atomic mass is 10.2. The smallest absolute Gasteiger partial charge is 0.323 e. The van der Waals surface area contributed by atoms with Gasteiger partial charge in [0.1, 0.15) is 12.1 Å². The lowest BCUT2D eigenvalue weighted by molar-refractivity contribution is -0.143. The van der Waals surface area contributed by atoms with Crippen LogP contribution in [0.1, 0.15) is 6.42 Å². The monoisotopic (exact) mass is 131 g/mol. The van der Waals surface area contributed by atoms with Gasteiger partial charge in [0.05, 0.1) is 6.61 Å². The van der Waals surface area contributed by atoms with E-state index in [4.69, 9.17) is 10.8 Å². The van der Waals surface area contributed by atoms with Gasteiger partial charge < -0.3 is 15.6 Å². The van der Waals surface area contributed by atoms with Crippen LogP contribution in [0.2, 0.25) is 0 Å². The maximum Gasteiger partial charge on any atom is 0.323 e. The number of aliphatic hydroxyl groups excluding tert-OH is 1. The molecule has 1 aliphatic heterocycles. The lowest BCUT2D eigenvalue weighted by Gasteiger charge is -2.00. The Hall–Kier alpha value is -0.610. The minimum Gasteiger partial charge on any atom is -0.459 e. The predicted octanol–water partition coefficient (Wildman–Crippen LogP) is -1.38. The first-order chi connectivity index (χ1) is 4.24. The number of carbonyl (C=O) groups excluding carboxylic acids is 1. The van der Waals surface area contributed by atoms with Gasteiger partial charge in [-0.05, 0) is 0 Å². The maximum absolute atomic E-state index is 10.5. The molecule has 4 nitrogen and oxygen atoms in total. The third kappa shape index (κ3) is 1.20. The maximum atomic E-state index is 10.5. The predicted molar refractivity (Wildman–Crippen MR) is 29.6 cm³/mol. The number of hydrogen-bond donors (Lipinski definition) is 2. The number of aliphatic hydroxyl groups is 1. The summed E-state index contributed by atoms with van der Waals surface area (Å²) in [6.45, 7) is -0.126. The Morgan fingerprint density at radius 3 is 2.78 bits per heavy atom. The Morgan fingerprint density at radius 2 is 2.56 bits per heavy atom. The molecule has 0 radical (unpaired) electrons. The van der Waals surface area contributed by atoms with Crippen LogP contribution in [0.25, 0.3) is 0 Å². The SMILES string of the molecule is N[C@H]1C[C@@H](CO)OC1=O. The second-order valence-corrected chi connectivity index (χ2v) is 2.08. The number of rotatable bonds is 1. The van der Waals surface area contributed by atoms with Crippen LogP contribution >= 0.6 is 0 Å². The fourth-order valence-electron chi connectivity index (χ4n) is 0.791. The van der Waals surface area contributed by atoms with E-state index in [1.54, 1.807) is 0 Å². The highest BCUT2D eigenvalue weighted by Gasteiger charge is 2.30. The second kappa shape index (κ2) is 2.33. The van der Waals surface area contributed by atoms with Crippen LogP contribution in [-0.2, 0) is 9.53 Å². The molecule has 1 fully saturated rings. The summed E-state index contributed by atoms with van der Waals surface area (Å²) in [7, 11) is 0. The van der Waals surface area contributed by atoms with Crippen molar-refractivity contribution in [1.82, 2.24) is 0 Å². The van der Waals surface area contributed by atoms with Crippen LogP contribution in [-0.4, -0.2) is 29.8 Å². The van der Waals surface area contributed by atoms with Crippen molar-refractivity contribution in [1.29, 1.82) is 0 Å². The van der Waals surface area contributed by atoms with Crippen molar-refractivity contribution in [3.8, 4) is 0 Å². The zero-order chi connectivity index (χ0) is 6.85. The van der Waals surface area contributed by atoms with Gasteiger partial charge in [0.15, 0.2) is 0 Å². The van der Waals surface area contributed by atoms with Gasteiger partial charge in [0.2, 0.25) is 0 Å².